The van der Waals surface area contributed by atoms with Crippen LogP contribution in [-0.2, 0) is 4.79 Å². The highest BCUT2D eigenvalue weighted by Gasteiger charge is 2.21. The number of hydrogen-bond acceptors (Lipinski definition) is 4. The van der Waals surface area contributed by atoms with E-state index < -0.39 is 0 Å². The predicted octanol–water partition coefficient (Wildman–Crippen LogP) is 5.38. The second-order valence-corrected chi connectivity index (χ2v) is 8.27. The van der Waals surface area contributed by atoms with Gasteiger partial charge in [-0.25, -0.2) is 0 Å². The van der Waals surface area contributed by atoms with E-state index in [1.807, 2.05) is 52.1 Å². The van der Waals surface area contributed by atoms with Crippen molar-refractivity contribution in [3.05, 3.63) is 76.1 Å². The Kier molecular flexibility index (Phi) is 11.7. The highest BCUT2D eigenvalue weighted by molar-refractivity contribution is 9.11. The van der Waals surface area contributed by atoms with Crippen LogP contribution in [0.4, 0.5) is 0 Å². The van der Waals surface area contributed by atoms with Gasteiger partial charge in [0.05, 0.1) is 12.3 Å². The number of hydrazone groups is 1. The maximum Gasteiger partial charge on any atom is 0.226 e. The molecule has 162 valence electrons. The maximum absolute atomic E-state index is 12.4. The van der Waals surface area contributed by atoms with Crippen LogP contribution in [0.15, 0.2) is 75.6 Å². The number of carbonyl (C=O) groups is 1. The number of rotatable bonds is 7. The zero-order valence-electron chi connectivity index (χ0n) is 18.7. The molecule has 0 atom stereocenters. The number of hydrogen-bond donors (Lipinski definition) is 1. The first-order valence-corrected chi connectivity index (χ1v) is 10.9. The minimum Gasteiger partial charge on any atom is -0.341 e. The Labute approximate surface area is 189 Å². The van der Waals surface area contributed by atoms with Crippen LogP contribution >= 0.6 is 15.9 Å². The van der Waals surface area contributed by atoms with Crippen molar-refractivity contribution in [1.29, 1.82) is 0 Å². The topological polar surface area (TPSA) is 57.6 Å². The standard InChI is InChI=1S/C19H26N4O.C5H7Br/c1-5-14(3)11-18(24)23(4)13-17-15(6-2)12-21-22-19(17)16-7-9-20-10-8-16;1-3-4-5(2)6/h5,7-10,21H,6,11-13H2,1-4H3;3-4H,1H2,2H3/b14-5+;5-4+. The van der Waals surface area contributed by atoms with Gasteiger partial charge in [-0.3, -0.25) is 9.78 Å². The summed E-state index contributed by atoms with van der Waals surface area (Å²) in [4.78, 5) is 18.3. The summed E-state index contributed by atoms with van der Waals surface area (Å²) in [6.45, 7) is 12.8. The normalized spacial score (nSPS) is 14.3. The quantitative estimate of drug-likeness (QED) is 0.427. The molecule has 1 aliphatic heterocycles. The molecular formula is C24H33BrN4O. The second kappa shape index (κ2) is 13.7. The van der Waals surface area contributed by atoms with Gasteiger partial charge in [0.1, 0.15) is 0 Å². The first kappa shape index (κ1) is 25.6. The summed E-state index contributed by atoms with van der Waals surface area (Å²) in [6, 6.07) is 3.90. The first-order valence-electron chi connectivity index (χ1n) is 10.1. The van der Waals surface area contributed by atoms with E-state index in [1.165, 1.54) is 5.57 Å². The van der Waals surface area contributed by atoms with Crippen molar-refractivity contribution in [3.8, 4) is 0 Å². The lowest BCUT2D eigenvalue weighted by molar-refractivity contribution is -0.128. The van der Waals surface area contributed by atoms with Gasteiger partial charge in [-0.1, -0.05) is 53.2 Å². The molecule has 0 bridgehead atoms. The van der Waals surface area contributed by atoms with E-state index in [0.717, 1.165) is 39.9 Å². The van der Waals surface area contributed by atoms with Crippen molar-refractivity contribution in [2.24, 2.45) is 5.10 Å². The average Bonchev–Trinajstić information content (AvgIpc) is 2.74. The molecule has 0 unspecified atom stereocenters. The molecule has 0 saturated heterocycles. The van der Waals surface area contributed by atoms with E-state index in [-0.39, 0.29) is 5.91 Å². The summed E-state index contributed by atoms with van der Waals surface area (Å²) in [5.41, 5.74) is 8.54. The van der Waals surface area contributed by atoms with Crippen LogP contribution in [0.3, 0.4) is 0 Å². The molecule has 0 aliphatic carbocycles. The maximum atomic E-state index is 12.4. The number of allylic oxidation sites excluding steroid dienone is 4. The molecule has 2 heterocycles. The lowest BCUT2D eigenvalue weighted by Gasteiger charge is -2.26. The Morgan fingerprint density at radius 1 is 1.33 bits per heavy atom. The molecule has 2 rings (SSSR count). The molecule has 0 spiro atoms. The van der Waals surface area contributed by atoms with E-state index in [0.29, 0.717) is 13.0 Å². The average molecular weight is 473 g/mol. The Morgan fingerprint density at radius 2 is 2.00 bits per heavy atom. The van der Waals surface area contributed by atoms with Gasteiger partial charge in [-0.05, 0) is 49.4 Å². The van der Waals surface area contributed by atoms with Crippen LogP contribution in [0.25, 0.3) is 0 Å². The number of likely N-dealkylation sites (N-methyl/N-ethyl adjacent to an activating group) is 1. The zero-order valence-corrected chi connectivity index (χ0v) is 20.3. The van der Waals surface area contributed by atoms with E-state index in [2.05, 4.69) is 44.9 Å². The lowest BCUT2D eigenvalue weighted by atomic mass is 9.95. The summed E-state index contributed by atoms with van der Waals surface area (Å²) in [5, 5.41) is 4.50. The molecule has 0 radical (unpaired) electrons. The number of nitrogens with one attached hydrogen (secondary N) is 1. The smallest absolute Gasteiger partial charge is 0.226 e. The van der Waals surface area contributed by atoms with Crippen molar-refractivity contribution in [2.75, 3.05) is 20.1 Å². The van der Waals surface area contributed by atoms with E-state index in [4.69, 9.17) is 0 Å². The van der Waals surface area contributed by atoms with Crippen LogP contribution in [-0.4, -0.2) is 41.6 Å². The van der Waals surface area contributed by atoms with Crippen molar-refractivity contribution in [3.63, 3.8) is 0 Å². The van der Waals surface area contributed by atoms with Crippen molar-refractivity contribution < 1.29 is 4.79 Å². The molecule has 5 nitrogen and oxygen atoms in total. The van der Waals surface area contributed by atoms with Gasteiger partial charge in [-0.15, -0.1) is 0 Å². The summed E-state index contributed by atoms with van der Waals surface area (Å²) in [5.74, 6) is 0.126. The molecule has 1 aromatic heterocycles. The third-order valence-electron chi connectivity index (χ3n) is 4.67. The van der Waals surface area contributed by atoms with Gasteiger partial charge < -0.3 is 10.3 Å². The molecule has 6 heteroatoms. The molecular weight excluding hydrogens is 440 g/mol. The van der Waals surface area contributed by atoms with Gasteiger partial charge in [0, 0.05) is 43.5 Å². The Morgan fingerprint density at radius 3 is 2.50 bits per heavy atom. The Hall–Kier alpha value is -2.47. The first-order chi connectivity index (χ1) is 14.3. The van der Waals surface area contributed by atoms with E-state index in [9.17, 15) is 4.79 Å². The molecule has 1 aromatic rings. The SMILES string of the molecule is C/C=C(\C)CC(=O)N(C)CC1=C(CC)CNN=C1c1ccncc1.C=C/C=C(\C)Br. The van der Waals surface area contributed by atoms with Gasteiger partial charge in [0.25, 0.3) is 0 Å². The minimum absolute atomic E-state index is 0.126. The summed E-state index contributed by atoms with van der Waals surface area (Å²) < 4.78 is 1.11. The van der Waals surface area contributed by atoms with Crippen molar-refractivity contribution in [1.82, 2.24) is 15.3 Å². The molecule has 30 heavy (non-hydrogen) atoms. The number of amides is 1. The number of nitrogens with zero attached hydrogens (tertiary/aromatic N) is 3. The largest absolute Gasteiger partial charge is 0.341 e. The summed E-state index contributed by atoms with van der Waals surface area (Å²) >= 11 is 3.22. The molecule has 1 amide bonds. The molecule has 0 aromatic carbocycles. The number of halogens is 1. The van der Waals surface area contributed by atoms with Gasteiger partial charge in [0.2, 0.25) is 5.91 Å². The third-order valence-corrected chi connectivity index (χ3v) is 4.93. The number of aromatic nitrogens is 1. The van der Waals surface area contributed by atoms with Crippen LogP contribution in [0.1, 0.15) is 46.1 Å². The monoisotopic (exact) mass is 472 g/mol. The Balaban J connectivity index is 0.000000656. The van der Waals surface area contributed by atoms with Crippen LogP contribution in [0.2, 0.25) is 0 Å². The molecule has 0 fully saturated rings. The van der Waals surface area contributed by atoms with Crippen LogP contribution in [0, 0.1) is 0 Å². The molecule has 1 aliphatic rings. The van der Waals surface area contributed by atoms with E-state index in [1.54, 1.807) is 23.4 Å². The highest BCUT2D eigenvalue weighted by Crippen LogP contribution is 2.20. The van der Waals surface area contributed by atoms with Gasteiger partial charge >= 0.3 is 0 Å². The van der Waals surface area contributed by atoms with E-state index >= 15 is 0 Å². The van der Waals surface area contributed by atoms with Crippen molar-refractivity contribution >= 4 is 27.5 Å². The summed E-state index contributed by atoms with van der Waals surface area (Å²) in [7, 11) is 1.86. The fourth-order valence-corrected chi connectivity index (χ4v) is 2.98. The second-order valence-electron chi connectivity index (χ2n) is 7.02. The fourth-order valence-electron chi connectivity index (χ4n) is 2.79. The van der Waals surface area contributed by atoms with Crippen LogP contribution < -0.4 is 5.43 Å². The Bertz CT molecular complexity index is 834. The zero-order chi connectivity index (χ0) is 22.5. The number of pyridine rings is 1. The highest BCUT2D eigenvalue weighted by atomic mass is 79.9. The number of carbonyl (C=O) groups excluding carboxylic acids is 1. The molecule has 0 saturated carbocycles. The van der Waals surface area contributed by atoms with Crippen molar-refractivity contribution in [2.45, 2.75) is 40.5 Å². The fraction of sp³-hybridized carbons (Fsp3) is 0.375. The van der Waals surface area contributed by atoms with Gasteiger partial charge in [-0.2, -0.15) is 5.10 Å². The van der Waals surface area contributed by atoms with Gasteiger partial charge in [0.15, 0.2) is 0 Å². The minimum atomic E-state index is 0.126. The predicted molar refractivity (Wildman–Crippen MR) is 131 cm³/mol. The molecule has 1 N–H and O–H groups in total. The van der Waals surface area contributed by atoms with Crippen LogP contribution in [0.5, 0.6) is 0 Å². The third kappa shape index (κ3) is 8.49. The lowest BCUT2D eigenvalue weighted by Crippen LogP contribution is -2.34. The summed E-state index contributed by atoms with van der Waals surface area (Å²) in [6.07, 6.45) is 10.5.